The predicted molar refractivity (Wildman–Crippen MR) is 77.6 cm³/mol. The molecule has 2 aromatic rings. The van der Waals surface area contributed by atoms with Crippen LogP contribution < -0.4 is 10.1 Å². The van der Waals surface area contributed by atoms with Crippen molar-refractivity contribution in [3.05, 3.63) is 64.7 Å². The average Bonchev–Trinajstić information content (AvgIpc) is 2.52. The summed E-state index contributed by atoms with van der Waals surface area (Å²) < 4.78 is 44.4. The fourth-order valence-electron chi connectivity index (χ4n) is 2.73. The molecule has 1 heterocycles. The van der Waals surface area contributed by atoms with Crippen LogP contribution in [0.1, 0.15) is 22.3 Å². The first-order valence-electron chi connectivity index (χ1n) is 7.15. The summed E-state index contributed by atoms with van der Waals surface area (Å²) in [4.78, 5) is 0. The van der Waals surface area contributed by atoms with Crippen LogP contribution in [0.4, 0.5) is 13.2 Å². The van der Waals surface area contributed by atoms with Crippen molar-refractivity contribution < 1.29 is 17.9 Å². The predicted octanol–water partition coefficient (Wildman–Crippen LogP) is 3.93. The topological polar surface area (TPSA) is 21.3 Å². The van der Waals surface area contributed by atoms with Crippen LogP contribution in [-0.2, 0) is 25.7 Å². The first kappa shape index (κ1) is 14.9. The lowest BCUT2D eigenvalue weighted by molar-refractivity contribution is -0.139. The van der Waals surface area contributed by atoms with E-state index in [-0.39, 0.29) is 12.4 Å². The van der Waals surface area contributed by atoms with Crippen molar-refractivity contribution in [2.45, 2.75) is 25.7 Å². The fourth-order valence-corrected chi connectivity index (χ4v) is 2.73. The maximum Gasteiger partial charge on any atom is 0.419 e. The Morgan fingerprint density at radius 1 is 1.05 bits per heavy atom. The minimum Gasteiger partial charge on any atom is -0.488 e. The normalized spacial score (nSPS) is 14.5. The highest BCUT2D eigenvalue weighted by Crippen LogP contribution is 2.36. The quantitative estimate of drug-likeness (QED) is 0.927. The molecule has 0 saturated carbocycles. The molecule has 2 aromatic carbocycles. The number of benzene rings is 2. The summed E-state index contributed by atoms with van der Waals surface area (Å²) >= 11 is 0. The van der Waals surface area contributed by atoms with Gasteiger partial charge >= 0.3 is 6.18 Å². The molecule has 0 aliphatic carbocycles. The van der Waals surface area contributed by atoms with Gasteiger partial charge in [-0.25, -0.2) is 0 Å². The summed E-state index contributed by atoms with van der Waals surface area (Å²) in [6.45, 7) is 1.82. The molecule has 116 valence electrons. The van der Waals surface area contributed by atoms with Crippen molar-refractivity contribution >= 4 is 0 Å². The first-order valence-corrected chi connectivity index (χ1v) is 7.15. The van der Waals surface area contributed by atoms with Gasteiger partial charge in [0.2, 0.25) is 0 Å². The summed E-state index contributed by atoms with van der Waals surface area (Å²) in [6, 6.07) is 11.2. The second-order valence-electron chi connectivity index (χ2n) is 5.26. The number of hydrogen-bond donors (Lipinski definition) is 1. The molecule has 3 rings (SSSR count). The first-order chi connectivity index (χ1) is 10.6. The molecular formula is C17H16F3NO. The van der Waals surface area contributed by atoms with E-state index >= 15 is 0 Å². The molecule has 0 aromatic heterocycles. The standard InChI is InChI=1S/C17H16F3NO/c18-17(19,20)15-6-1-2-7-16(15)22-11-13-5-3-4-12-10-21-9-8-14(12)13/h1-7,21H,8-11H2. The Labute approximate surface area is 126 Å². The highest BCUT2D eigenvalue weighted by Gasteiger charge is 2.34. The number of alkyl halides is 3. The lowest BCUT2D eigenvalue weighted by Crippen LogP contribution is -2.24. The third-order valence-corrected chi connectivity index (χ3v) is 3.81. The number of nitrogens with one attached hydrogen (secondary N) is 1. The van der Waals surface area contributed by atoms with Crippen LogP contribution in [0.2, 0.25) is 0 Å². The monoisotopic (exact) mass is 307 g/mol. The third-order valence-electron chi connectivity index (χ3n) is 3.81. The van der Waals surface area contributed by atoms with Gasteiger partial charge in [-0.05, 0) is 41.8 Å². The lowest BCUT2D eigenvalue weighted by Gasteiger charge is -2.21. The molecule has 5 heteroatoms. The Kier molecular flexibility index (Phi) is 4.07. The minimum absolute atomic E-state index is 0.124. The van der Waals surface area contributed by atoms with Gasteiger partial charge in [0.05, 0.1) is 5.56 Å². The molecule has 1 aliphatic heterocycles. The molecule has 1 aliphatic rings. The molecule has 0 amide bonds. The van der Waals surface area contributed by atoms with Crippen molar-refractivity contribution in [1.29, 1.82) is 0 Å². The minimum atomic E-state index is -4.41. The van der Waals surface area contributed by atoms with E-state index in [2.05, 4.69) is 5.32 Å². The smallest absolute Gasteiger partial charge is 0.419 e. The van der Waals surface area contributed by atoms with Crippen LogP contribution in [0.3, 0.4) is 0 Å². The van der Waals surface area contributed by atoms with Crippen molar-refractivity contribution in [2.24, 2.45) is 0 Å². The Hall–Kier alpha value is -2.01. The third kappa shape index (κ3) is 3.09. The number of para-hydroxylation sites is 1. The summed E-state index contributed by atoms with van der Waals surface area (Å²) in [5.41, 5.74) is 2.60. The molecule has 22 heavy (non-hydrogen) atoms. The van der Waals surface area contributed by atoms with Crippen LogP contribution in [0, 0.1) is 0 Å². The van der Waals surface area contributed by atoms with Crippen LogP contribution in [0.15, 0.2) is 42.5 Å². The SMILES string of the molecule is FC(F)(F)c1ccccc1OCc1cccc2c1CCNC2. The van der Waals surface area contributed by atoms with Gasteiger partial charge in [0.15, 0.2) is 0 Å². The largest absolute Gasteiger partial charge is 0.488 e. The molecular weight excluding hydrogens is 291 g/mol. The zero-order valence-corrected chi connectivity index (χ0v) is 11.9. The molecule has 0 spiro atoms. The number of ether oxygens (including phenoxy) is 1. The molecule has 0 atom stereocenters. The summed E-state index contributed by atoms with van der Waals surface area (Å²) in [6.07, 6.45) is -3.54. The number of rotatable bonds is 3. The van der Waals surface area contributed by atoms with Gasteiger partial charge in [0, 0.05) is 6.54 Å². The Balaban J connectivity index is 1.82. The van der Waals surface area contributed by atoms with Gasteiger partial charge in [-0.3, -0.25) is 0 Å². The zero-order valence-electron chi connectivity index (χ0n) is 11.9. The Morgan fingerprint density at radius 2 is 1.86 bits per heavy atom. The van der Waals surface area contributed by atoms with E-state index in [0.717, 1.165) is 31.1 Å². The molecule has 0 bridgehead atoms. The van der Waals surface area contributed by atoms with E-state index in [9.17, 15) is 13.2 Å². The van der Waals surface area contributed by atoms with Gasteiger partial charge < -0.3 is 10.1 Å². The van der Waals surface area contributed by atoms with Crippen molar-refractivity contribution in [2.75, 3.05) is 6.54 Å². The van der Waals surface area contributed by atoms with Crippen LogP contribution >= 0.6 is 0 Å². The van der Waals surface area contributed by atoms with E-state index in [0.29, 0.717) is 0 Å². The second kappa shape index (κ2) is 6.01. The Bertz CT molecular complexity index is 667. The molecule has 0 radical (unpaired) electrons. The maximum absolute atomic E-state index is 13.0. The summed E-state index contributed by atoms with van der Waals surface area (Å²) in [5.74, 6) is -0.124. The van der Waals surface area contributed by atoms with E-state index in [1.165, 1.54) is 23.3 Å². The summed E-state index contributed by atoms with van der Waals surface area (Å²) in [5, 5.41) is 3.28. The van der Waals surface area contributed by atoms with Crippen molar-refractivity contribution in [1.82, 2.24) is 5.32 Å². The van der Waals surface area contributed by atoms with Gasteiger partial charge in [0.1, 0.15) is 12.4 Å². The Morgan fingerprint density at radius 3 is 2.68 bits per heavy atom. The van der Waals surface area contributed by atoms with Gasteiger partial charge in [-0.2, -0.15) is 13.2 Å². The number of hydrogen-bond acceptors (Lipinski definition) is 2. The van der Waals surface area contributed by atoms with Crippen LogP contribution in [-0.4, -0.2) is 6.54 Å². The van der Waals surface area contributed by atoms with Crippen molar-refractivity contribution in [3.63, 3.8) is 0 Å². The number of halogens is 3. The fraction of sp³-hybridized carbons (Fsp3) is 0.294. The van der Waals surface area contributed by atoms with Crippen LogP contribution in [0.5, 0.6) is 5.75 Å². The van der Waals surface area contributed by atoms with E-state index in [4.69, 9.17) is 4.74 Å². The second-order valence-corrected chi connectivity index (χ2v) is 5.26. The molecule has 0 fully saturated rings. The lowest BCUT2D eigenvalue weighted by atomic mass is 9.96. The molecule has 0 unspecified atom stereocenters. The van der Waals surface area contributed by atoms with E-state index < -0.39 is 11.7 Å². The highest BCUT2D eigenvalue weighted by molar-refractivity contribution is 5.39. The van der Waals surface area contributed by atoms with E-state index in [1.807, 2.05) is 18.2 Å². The maximum atomic E-state index is 13.0. The molecule has 2 nitrogen and oxygen atoms in total. The zero-order chi connectivity index (χ0) is 15.6. The van der Waals surface area contributed by atoms with Gasteiger partial charge in [-0.15, -0.1) is 0 Å². The number of fused-ring (bicyclic) bond motifs is 1. The van der Waals surface area contributed by atoms with E-state index in [1.54, 1.807) is 6.07 Å². The van der Waals surface area contributed by atoms with Crippen molar-refractivity contribution in [3.8, 4) is 5.75 Å². The van der Waals surface area contributed by atoms with Gasteiger partial charge in [-0.1, -0.05) is 30.3 Å². The highest BCUT2D eigenvalue weighted by atomic mass is 19.4. The van der Waals surface area contributed by atoms with Gasteiger partial charge in [0.25, 0.3) is 0 Å². The molecule has 1 N–H and O–H groups in total. The summed E-state index contributed by atoms with van der Waals surface area (Å²) in [7, 11) is 0. The molecule has 0 saturated heterocycles. The average molecular weight is 307 g/mol. The van der Waals surface area contributed by atoms with Crippen LogP contribution in [0.25, 0.3) is 0 Å².